The van der Waals surface area contributed by atoms with E-state index in [4.69, 9.17) is 22.3 Å². The van der Waals surface area contributed by atoms with Crippen molar-refractivity contribution in [2.75, 3.05) is 50.6 Å². The summed E-state index contributed by atoms with van der Waals surface area (Å²) in [7, 11) is 7.72. The molecule has 5 aromatic heterocycles. The fourth-order valence-corrected chi connectivity index (χ4v) is 7.85. The Morgan fingerprint density at radius 1 is 0.695 bits per heavy atom. The summed E-state index contributed by atoms with van der Waals surface area (Å²) < 4.78 is 57.7. The Kier molecular flexibility index (Phi) is 23.2. The van der Waals surface area contributed by atoms with Crippen molar-refractivity contribution in [2.45, 2.75) is 27.1 Å². The number of benzene rings is 4. The van der Waals surface area contributed by atoms with E-state index in [0.717, 1.165) is 95.7 Å². The van der Waals surface area contributed by atoms with Crippen LogP contribution in [-0.4, -0.2) is 100 Å². The number of rotatable bonds is 12. The number of nitrogens with one attached hydrogen (secondary N) is 3. The number of aromatic nitrogens is 8. The van der Waals surface area contributed by atoms with E-state index in [-0.39, 0.29) is 73.9 Å². The fraction of sp³-hybridized carbons (Fsp3) is 0.193. The van der Waals surface area contributed by atoms with Crippen molar-refractivity contribution >= 4 is 88.8 Å². The van der Waals surface area contributed by atoms with Gasteiger partial charge in [-0.2, -0.15) is 0 Å². The van der Waals surface area contributed by atoms with Crippen LogP contribution in [0.25, 0.3) is 32.8 Å². The van der Waals surface area contributed by atoms with Gasteiger partial charge in [-0.15, -0.1) is 0 Å². The van der Waals surface area contributed by atoms with Gasteiger partial charge in [0, 0.05) is 66.9 Å². The van der Waals surface area contributed by atoms with Gasteiger partial charge in [-0.05, 0) is 97.5 Å². The van der Waals surface area contributed by atoms with E-state index in [1.54, 1.807) is 25.5 Å². The van der Waals surface area contributed by atoms with Gasteiger partial charge in [0.15, 0.2) is 23.3 Å². The van der Waals surface area contributed by atoms with Crippen LogP contribution in [-0.2, 0) is 50.0 Å². The number of pyridine rings is 2. The number of alkyl halides is 1. The quantitative estimate of drug-likeness (QED) is 0.0413. The Balaban J connectivity index is 0.000000273. The van der Waals surface area contributed by atoms with Gasteiger partial charge in [-0.1, -0.05) is 59.2 Å². The molecule has 421 valence electrons. The molecule has 5 N–H and O–H groups in total. The molecule has 0 saturated carbocycles. The zero-order chi connectivity index (χ0) is 57.6. The molecule has 0 saturated heterocycles. The first-order valence-corrected chi connectivity index (χ1v) is 25.4. The zero-order valence-electron chi connectivity index (χ0n) is 43.5. The number of nitrogens with zero attached hydrogens (tertiary/aromatic N) is 9. The summed E-state index contributed by atoms with van der Waals surface area (Å²) in [6.45, 7) is 0.540. The first-order valence-electron chi connectivity index (χ1n) is 23.9. The maximum absolute atomic E-state index is 13.5. The van der Waals surface area contributed by atoms with E-state index in [1.165, 1.54) is 24.8 Å². The second-order valence-corrected chi connectivity index (χ2v) is 18.5. The van der Waals surface area contributed by atoms with Gasteiger partial charge in [0.25, 0.3) is 22.9 Å². The van der Waals surface area contributed by atoms with Crippen molar-refractivity contribution < 1.29 is 50.5 Å². The van der Waals surface area contributed by atoms with Crippen molar-refractivity contribution in [2.24, 2.45) is 7.05 Å². The molecule has 18 nitrogen and oxygen atoms in total. The van der Waals surface area contributed by atoms with E-state index >= 15 is 0 Å². The van der Waals surface area contributed by atoms with E-state index in [2.05, 4.69) is 85.0 Å². The van der Waals surface area contributed by atoms with Crippen LogP contribution in [0.1, 0.15) is 56.2 Å². The van der Waals surface area contributed by atoms with E-state index < -0.39 is 46.2 Å². The van der Waals surface area contributed by atoms with Crippen LogP contribution in [0.15, 0.2) is 120 Å². The first-order chi connectivity index (χ1) is 38.3. The van der Waals surface area contributed by atoms with Crippen LogP contribution in [0.2, 0.25) is 0 Å². The van der Waals surface area contributed by atoms with Crippen molar-refractivity contribution in [3.05, 3.63) is 193 Å². The standard InChI is InChI=1S/C29H25F2N7O2.C25H20F2N6O2.C2H2BrClO.CH4.V/c1-36(2)16-26-35-25-14-34-24-9-7-18(11-20(24)27(25)37(26)3)5-4-10-33-28(39)21-13-32-17-38(29(21)40)15-19-6-8-22(30)23(31)12-19;1-29-23-17-9-15(5-7-22(17)32-12-21(23)28)3-2-8-31-24(34)18-11-30-14-33(25(18)35)13-16-4-6-19(26)20(27)10-16;3-1-2(4)5;;/h6-9,11-14,17H,10,15-16H2,1-3H3,(H,33,39);4-7,9-12,14H,8,13,28H2,1H3,(H,29,32)(H,31,34);1H2;1H4;. The van der Waals surface area contributed by atoms with Gasteiger partial charge in [0.05, 0.1) is 91.0 Å². The minimum atomic E-state index is -1.02. The maximum Gasteiger partial charge on any atom is 0.266 e. The number of nitrogens with two attached hydrogens (primary N) is 1. The summed E-state index contributed by atoms with van der Waals surface area (Å²) in [5, 5.41) is 9.86. The second kappa shape index (κ2) is 29.7. The molecule has 0 spiro atoms. The average molecular weight is 1240 g/mol. The van der Waals surface area contributed by atoms with Crippen LogP contribution in [0.4, 0.5) is 28.9 Å². The van der Waals surface area contributed by atoms with Gasteiger partial charge in [-0.25, -0.2) is 32.5 Å². The third kappa shape index (κ3) is 16.2. The number of fused-ring (bicyclic) bond motifs is 4. The van der Waals surface area contributed by atoms with Crippen LogP contribution in [0.5, 0.6) is 0 Å². The fourth-order valence-electron chi connectivity index (χ4n) is 7.85. The Labute approximate surface area is 492 Å². The third-order valence-electron chi connectivity index (χ3n) is 11.6. The van der Waals surface area contributed by atoms with Crippen LogP contribution in [0, 0.1) is 47.0 Å². The van der Waals surface area contributed by atoms with Gasteiger partial charge < -0.3 is 31.2 Å². The average Bonchev–Trinajstić information content (AvgIpc) is 3.91. The van der Waals surface area contributed by atoms with E-state index in [1.807, 2.05) is 51.5 Å². The molecule has 0 unspecified atom stereocenters. The molecule has 9 rings (SSSR count). The molecule has 25 heteroatoms. The number of nitrogen functional groups attached to an aromatic ring is 1. The Hall–Kier alpha value is -8.71. The largest absolute Gasteiger partial charge is 0.396 e. The van der Waals surface area contributed by atoms with Gasteiger partial charge in [0.2, 0.25) is 5.24 Å². The SMILES string of the molecule is C.CN(C)Cc1nc2cnc3ccc(C#CCNC(=O)c4cncn(Cc5ccc(F)c(F)c5)c4=O)cc3c2n1C.CNc1c(N)cnc2ccc(C#CCNC(=O)c3cncn(Cc4ccc(F)c(F)c4)c3=O)cc12.O=C(Cl)CBr.[V]. The monoisotopic (exact) mass is 1240 g/mol. The smallest absolute Gasteiger partial charge is 0.266 e. The third-order valence-corrected chi connectivity index (χ3v) is 12.6. The maximum atomic E-state index is 13.5. The molecule has 2 amide bonds. The van der Waals surface area contributed by atoms with Crippen LogP contribution < -0.4 is 32.8 Å². The summed E-state index contributed by atoms with van der Waals surface area (Å²) in [6.07, 6.45) is 8.11. The number of anilines is 2. The summed E-state index contributed by atoms with van der Waals surface area (Å²) in [5.41, 5.74) is 11.1. The van der Waals surface area contributed by atoms with Crippen LogP contribution in [0.3, 0.4) is 0 Å². The molecule has 0 aliphatic carbocycles. The predicted octanol–water partition coefficient (Wildman–Crippen LogP) is 7.15. The van der Waals surface area contributed by atoms with Crippen molar-refractivity contribution in [1.82, 2.24) is 54.2 Å². The minimum absolute atomic E-state index is 0. The molecule has 0 aliphatic rings. The molecule has 9 aromatic rings. The summed E-state index contributed by atoms with van der Waals surface area (Å²) in [5.74, 6) is 7.37. The minimum Gasteiger partial charge on any atom is -0.396 e. The van der Waals surface area contributed by atoms with Gasteiger partial charge >= 0.3 is 0 Å². The van der Waals surface area contributed by atoms with Crippen molar-refractivity contribution in [3.63, 3.8) is 0 Å². The van der Waals surface area contributed by atoms with Crippen molar-refractivity contribution in [3.8, 4) is 23.7 Å². The number of aryl methyl sites for hydroxylation is 1. The zero-order valence-corrected chi connectivity index (χ0v) is 47.2. The number of amides is 2. The van der Waals surface area contributed by atoms with Crippen LogP contribution >= 0.6 is 27.5 Å². The Morgan fingerprint density at radius 3 is 1.63 bits per heavy atom. The van der Waals surface area contributed by atoms with Crippen molar-refractivity contribution in [1.29, 1.82) is 0 Å². The summed E-state index contributed by atoms with van der Waals surface area (Å²) in [4.78, 5) is 83.6. The molecular weight excluding hydrogens is 1190 g/mol. The molecule has 0 atom stereocenters. The predicted molar refractivity (Wildman–Crippen MR) is 307 cm³/mol. The van der Waals surface area contributed by atoms with E-state index in [9.17, 15) is 41.5 Å². The molecule has 0 aliphatic heterocycles. The second-order valence-electron chi connectivity index (χ2n) is 17.6. The number of hydrogen-bond donors (Lipinski definition) is 4. The number of halogens is 6. The molecular formula is C57H51BrClF4N13O5V. The Bertz CT molecular complexity index is 4100. The molecule has 4 aromatic carbocycles. The topological polar surface area (TPSA) is 230 Å². The normalized spacial score (nSPS) is 10.4. The first kappa shape index (κ1) is 64.1. The summed E-state index contributed by atoms with van der Waals surface area (Å²) in [6, 6.07) is 17.8. The number of hydrogen-bond acceptors (Lipinski definition) is 13. The molecule has 5 heterocycles. The molecule has 1 radical (unpaired) electrons. The molecule has 82 heavy (non-hydrogen) atoms. The Morgan fingerprint density at radius 2 is 1.17 bits per heavy atom. The number of carbonyl (C=O) groups excluding carboxylic acids is 3. The van der Waals surface area contributed by atoms with Gasteiger partial charge in [0.1, 0.15) is 22.5 Å². The molecule has 0 fully saturated rings. The number of carbonyl (C=O) groups is 3. The van der Waals surface area contributed by atoms with Gasteiger partial charge in [-0.3, -0.25) is 43.1 Å². The molecule has 0 bridgehead atoms. The van der Waals surface area contributed by atoms with E-state index in [0.29, 0.717) is 28.9 Å². The summed E-state index contributed by atoms with van der Waals surface area (Å²) >= 11 is 7.61. The number of imidazole rings is 1.